The zero-order chi connectivity index (χ0) is 9.10. The Bertz CT molecular complexity index is 267. The first-order valence-electron chi connectivity index (χ1n) is 4.63. The van der Waals surface area contributed by atoms with Crippen LogP contribution in [0.4, 0.5) is 0 Å². The molecular formula is C8H14N4O. The SMILES string of the molecule is CCc1cnnn1C1CNCCO1. The van der Waals surface area contributed by atoms with Crippen LogP contribution in [0.25, 0.3) is 0 Å². The number of nitrogens with zero attached hydrogens (tertiary/aromatic N) is 3. The topological polar surface area (TPSA) is 52.0 Å². The molecule has 0 saturated carbocycles. The van der Waals surface area contributed by atoms with E-state index in [1.54, 1.807) is 6.20 Å². The van der Waals surface area contributed by atoms with Crippen molar-refractivity contribution in [2.45, 2.75) is 19.6 Å². The molecule has 5 nitrogen and oxygen atoms in total. The molecule has 0 aromatic carbocycles. The first kappa shape index (κ1) is 8.65. The lowest BCUT2D eigenvalue weighted by Crippen LogP contribution is -2.37. The predicted octanol–water partition coefficient (Wildman–Crippen LogP) is -0.0411. The third-order valence-electron chi connectivity index (χ3n) is 2.19. The summed E-state index contributed by atoms with van der Waals surface area (Å²) < 4.78 is 7.42. The highest BCUT2D eigenvalue weighted by atomic mass is 16.5. The van der Waals surface area contributed by atoms with Crippen molar-refractivity contribution < 1.29 is 4.74 Å². The highest BCUT2D eigenvalue weighted by Gasteiger charge is 2.17. The molecule has 5 heteroatoms. The average Bonchev–Trinajstić information content (AvgIpc) is 2.67. The Balaban J connectivity index is 2.13. The van der Waals surface area contributed by atoms with Crippen LogP contribution in [0.1, 0.15) is 18.8 Å². The predicted molar refractivity (Wildman–Crippen MR) is 47.3 cm³/mol. The lowest BCUT2D eigenvalue weighted by Gasteiger charge is -2.24. The second-order valence-electron chi connectivity index (χ2n) is 3.05. The molecule has 0 spiro atoms. The number of nitrogens with one attached hydrogen (secondary N) is 1. The third kappa shape index (κ3) is 1.71. The van der Waals surface area contributed by atoms with E-state index in [1.165, 1.54) is 0 Å². The summed E-state index contributed by atoms with van der Waals surface area (Å²) >= 11 is 0. The van der Waals surface area contributed by atoms with Crippen LogP contribution < -0.4 is 5.32 Å². The summed E-state index contributed by atoms with van der Waals surface area (Å²) in [5, 5.41) is 11.1. The Kier molecular flexibility index (Phi) is 2.56. The molecule has 1 aliphatic heterocycles. The lowest BCUT2D eigenvalue weighted by atomic mass is 10.3. The molecule has 2 rings (SSSR count). The van der Waals surface area contributed by atoms with E-state index in [1.807, 2.05) is 4.68 Å². The van der Waals surface area contributed by atoms with Crippen LogP contribution in [0.3, 0.4) is 0 Å². The van der Waals surface area contributed by atoms with Crippen molar-refractivity contribution in [1.82, 2.24) is 20.3 Å². The van der Waals surface area contributed by atoms with Gasteiger partial charge in [-0.25, -0.2) is 4.68 Å². The molecule has 0 amide bonds. The minimum absolute atomic E-state index is 0.0196. The van der Waals surface area contributed by atoms with Gasteiger partial charge in [0.25, 0.3) is 0 Å². The normalized spacial score (nSPS) is 23.3. The van der Waals surface area contributed by atoms with Crippen LogP contribution in [0.5, 0.6) is 0 Å². The Labute approximate surface area is 77.1 Å². The van der Waals surface area contributed by atoms with Gasteiger partial charge in [0.15, 0.2) is 6.23 Å². The Morgan fingerprint density at radius 3 is 3.38 bits per heavy atom. The van der Waals surface area contributed by atoms with Crippen LogP contribution in [-0.4, -0.2) is 34.7 Å². The van der Waals surface area contributed by atoms with Crippen LogP contribution in [0, 0.1) is 0 Å². The van der Waals surface area contributed by atoms with E-state index in [-0.39, 0.29) is 6.23 Å². The van der Waals surface area contributed by atoms with Gasteiger partial charge < -0.3 is 10.1 Å². The molecule has 1 saturated heterocycles. The lowest BCUT2D eigenvalue weighted by molar-refractivity contribution is -0.0297. The Morgan fingerprint density at radius 1 is 1.77 bits per heavy atom. The second kappa shape index (κ2) is 3.85. The van der Waals surface area contributed by atoms with Crippen molar-refractivity contribution in [2.75, 3.05) is 19.7 Å². The number of rotatable bonds is 2. The molecule has 1 aliphatic rings. The maximum atomic E-state index is 5.56. The van der Waals surface area contributed by atoms with E-state index in [4.69, 9.17) is 4.74 Å². The molecule has 1 fully saturated rings. The number of hydrogen-bond donors (Lipinski definition) is 1. The van der Waals surface area contributed by atoms with Gasteiger partial charge in [-0.3, -0.25) is 0 Å². The minimum Gasteiger partial charge on any atom is -0.354 e. The molecule has 2 heterocycles. The standard InChI is InChI=1S/C8H14N4O/c1-2-7-5-10-11-12(7)8-6-9-3-4-13-8/h5,8-9H,2-4,6H2,1H3. The van der Waals surface area contributed by atoms with E-state index >= 15 is 0 Å². The summed E-state index contributed by atoms with van der Waals surface area (Å²) in [7, 11) is 0. The molecule has 0 radical (unpaired) electrons. The van der Waals surface area contributed by atoms with Crippen LogP contribution in [0.15, 0.2) is 6.20 Å². The van der Waals surface area contributed by atoms with Crippen molar-refractivity contribution in [3.05, 3.63) is 11.9 Å². The fourth-order valence-electron chi connectivity index (χ4n) is 1.47. The van der Waals surface area contributed by atoms with Crippen molar-refractivity contribution >= 4 is 0 Å². The zero-order valence-corrected chi connectivity index (χ0v) is 7.73. The van der Waals surface area contributed by atoms with Gasteiger partial charge in [0, 0.05) is 13.1 Å². The van der Waals surface area contributed by atoms with Crippen molar-refractivity contribution in [1.29, 1.82) is 0 Å². The minimum atomic E-state index is 0.0196. The fraction of sp³-hybridized carbons (Fsp3) is 0.750. The molecule has 0 bridgehead atoms. The second-order valence-corrected chi connectivity index (χ2v) is 3.05. The van der Waals surface area contributed by atoms with E-state index in [0.29, 0.717) is 0 Å². The fourth-order valence-corrected chi connectivity index (χ4v) is 1.47. The average molecular weight is 182 g/mol. The molecule has 1 unspecified atom stereocenters. The van der Waals surface area contributed by atoms with Crippen LogP contribution in [-0.2, 0) is 11.2 Å². The number of aryl methyl sites for hydroxylation is 1. The largest absolute Gasteiger partial charge is 0.354 e. The highest BCUT2D eigenvalue weighted by molar-refractivity contribution is 4.94. The monoisotopic (exact) mass is 182 g/mol. The summed E-state index contributed by atoms with van der Waals surface area (Å²) in [6, 6.07) is 0. The van der Waals surface area contributed by atoms with E-state index in [2.05, 4.69) is 22.6 Å². The molecule has 1 atom stereocenters. The molecule has 1 aromatic heterocycles. The number of aromatic nitrogens is 3. The summed E-state index contributed by atoms with van der Waals surface area (Å²) in [6.45, 7) is 4.57. The number of morpholine rings is 1. The first-order valence-corrected chi connectivity index (χ1v) is 4.63. The number of hydrogen-bond acceptors (Lipinski definition) is 4. The molecule has 0 aliphatic carbocycles. The van der Waals surface area contributed by atoms with Gasteiger partial charge in [0.2, 0.25) is 0 Å². The molecule has 13 heavy (non-hydrogen) atoms. The van der Waals surface area contributed by atoms with Gasteiger partial charge in [0.1, 0.15) is 0 Å². The Morgan fingerprint density at radius 2 is 2.69 bits per heavy atom. The van der Waals surface area contributed by atoms with E-state index < -0.39 is 0 Å². The summed E-state index contributed by atoms with van der Waals surface area (Å²) in [6.07, 6.45) is 2.75. The maximum absolute atomic E-state index is 5.56. The van der Waals surface area contributed by atoms with Gasteiger partial charge in [-0.1, -0.05) is 12.1 Å². The quantitative estimate of drug-likeness (QED) is 0.697. The van der Waals surface area contributed by atoms with Crippen molar-refractivity contribution in [3.8, 4) is 0 Å². The maximum Gasteiger partial charge on any atom is 0.164 e. The van der Waals surface area contributed by atoms with E-state index in [0.717, 1.165) is 31.8 Å². The van der Waals surface area contributed by atoms with Crippen molar-refractivity contribution in [2.24, 2.45) is 0 Å². The molecule has 72 valence electrons. The van der Waals surface area contributed by atoms with Gasteiger partial charge in [-0.2, -0.15) is 0 Å². The van der Waals surface area contributed by atoms with Crippen LogP contribution >= 0.6 is 0 Å². The molecule has 1 aromatic rings. The summed E-state index contributed by atoms with van der Waals surface area (Å²) in [4.78, 5) is 0. The van der Waals surface area contributed by atoms with Gasteiger partial charge in [0.05, 0.1) is 18.5 Å². The Hall–Kier alpha value is -0.940. The first-order chi connectivity index (χ1) is 6.42. The molecular weight excluding hydrogens is 168 g/mol. The summed E-state index contributed by atoms with van der Waals surface area (Å²) in [5.41, 5.74) is 1.12. The summed E-state index contributed by atoms with van der Waals surface area (Å²) in [5.74, 6) is 0. The van der Waals surface area contributed by atoms with Gasteiger partial charge in [-0.15, -0.1) is 5.10 Å². The van der Waals surface area contributed by atoms with Crippen molar-refractivity contribution in [3.63, 3.8) is 0 Å². The van der Waals surface area contributed by atoms with Gasteiger partial charge >= 0.3 is 0 Å². The highest BCUT2D eigenvalue weighted by Crippen LogP contribution is 2.11. The zero-order valence-electron chi connectivity index (χ0n) is 7.73. The van der Waals surface area contributed by atoms with Gasteiger partial charge in [-0.05, 0) is 6.42 Å². The smallest absolute Gasteiger partial charge is 0.164 e. The third-order valence-corrected chi connectivity index (χ3v) is 2.19. The van der Waals surface area contributed by atoms with Crippen LogP contribution in [0.2, 0.25) is 0 Å². The molecule has 1 N–H and O–H groups in total. The van der Waals surface area contributed by atoms with E-state index in [9.17, 15) is 0 Å². The number of ether oxygens (including phenoxy) is 1.